The highest BCUT2D eigenvalue weighted by Gasteiger charge is 2.11. The van der Waals surface area contributed by atoms with E-state index >= 15 is 0 Å². The molecule has 0 aliphatic carbocycles. The van der Waals surface area contributed by atoms with Crippen molar-refractivity contribution in [2.75, 3.05) is 18.5 Å². The molecule has 1 aromatic carbocycles. The van der Waals surface area contributed by atoms with E-state index in [9.17, 15) is 4.79 Å². The summed E-state index contributed by atoms with van der Waals surface area (Å²) in [6.45, 7) is 4.56. The summed E-state index contributed by atoms with van der Waals surface area (Å²) in [6.07, 6.45) is 2.37. The van der Waals surface area contributed by atoms with Crippen LogP contribution in [0.25, 0.3) is 0 Å². The van der Waals surface area contributed by atoms with E-state index in [2.05, 4.69) is 5.32 Å². The number of rotatable bonds is 7. The van der Waals surface area contributed by atoms with Crippen LogP contribution in [0.15, 0.2) is 42.3 Å². The quantitative estimate of drug-likeness (QED) is 0.458. The summed E-state index contributed by atoms with van der Waals surface area (Å²) < 4.78 is 10.3. The Labute approximate surface area is 108 Å². The SMILES string of the molecule is CCCO/C(=C/Nc1ccccc1)C(=O)OCC. The van der Waals surface area contributed by atoms with Crippen LogP contribution in [-0.4, -0.2) is 19.2 Å². The number of benzene rings is 1. The summed E-state index contributed by atoms with van der Waals surface area (Å²) >= 11 is 0. The Balaban J connectivity index is 2.66. The fourth-order valence-electron chi connectivity index (χ4n) is 1.26. The van der Waals surface area contributed by atoms with Crippen molar-refractivity contribution in [3.05, 3.63) is 42.3 Å². The van der Waals surface area contributed by atoms with Gasteiger partial charge in [0.05, 0.1) is 19.4 Å². The first kappa shape index (κ1) is 14.1. The van der Waals surface area contributed by atoms with Crippen molar-refractivity contribution >= 4 is 11.7 Å². The van der Waals surface area contributed by atoms with Gasteiger partial charge in [0.15, 0.2) is 0 Å². The zero-order valence-corrected chi connectivity index (χ0v) is 10.8. The van der Waals surface area contributed by atoms with Crippen molar-refractivity contribution in [2.45, 2.75) is 20.3 Å². The van der Waals surface area contributed by atoms with Crippen molar-refractivity contribution < 1.29 is 14.3 Å². The van der Waals surface area contributed by atoms with Crippen LogP contribution in [0.1, 0.15) is 20.3 Å². The molecule has 0 fully saturated rings. The van der Waals surface area contributed by atoms with Gasteiger partial charge in [-0.25, -0.2) is 4.79 Å². The number of hydrogen-bond donors (Lipinski definition) is 1. The number of anilines is 1. The number of ether oxygens (including phenoxy) is 2. The minimum atomic E-state index is -0.450. The lowest BCUT2D eigenvalue weighted by atomic mass is 10.3. The molecule has 4 nitrogen and oxygen atoms in total. The molecule has 0 radical (unpaired) electrons. The van der Waals surface area contributed by atoms with Crippen LogP contribution in [0.2, 0.25) is 0 Å². The van der Waals surface area contributed by atoms with Gasteiger partial charge < -0.3 is 14.8 Å². The second kappa shape index (κ2) is 8.17. The third-order valence-corrected chi connectivity index (χ3v) is 2.08. The fourth-order valence-corrected chi connectivity index (χ4v) is 1.26. The van der Waals surface area contributed by atoms with E-state index in [0.717, 1.165) is 12.1 Å². The molecule has 0 bridgehead atoms. The second-order valence-corrected chi connectivity index (χ2v) is 3.59. The molecule has 0 aliphatic rings. The number of carbonyl (C=O) groups excluding carboxylic acids is 1. The molecule has 1 aromatic rings. The summed E-state index contributed by atoms with van der Waals surface area (Å²) in [5, 5.41) is 3.01. The van der Waals surface area contributed by atoms with Gasteiger partial charge in [0.2, 0.25) is 5.76 Å². The summed E-state index contributed by atoms with van der Waals surface area (Å²) in [5.41, 5.74) is 0.888. The molecule has 0 amide bonds. The lowest BCUT2D eigenvalue weighted by molar-refractivity contribution is -0.142. The van der Waals surface area contributed by atoms with E-state index in [0.29, 0.717) is 13.2 Å². The molecule has 0 aromatic heterocycles. The van der Waals surface area contributed by atoms with Crippen LogP contribution >= 0.6 is 0 Å². The minimum absolute atomic E-state index is 0.197. The highest BCUT2D eigenvalue weighted by molar-refractivity contribution is 5.86. The van der Waals surface area contributed by atoms with Gasteiger partial charge in [-0.05, 0) is 25.5 Å². The van der Waals surface area contributed by atoms with Crippen LogP contribution in [0.4, 0.5) is 5.69 Å². The third-order valence-electron chi connectivity index (χ3n) is 2.08. The summed E-state index contributed by atoms with van der Waals surface area (Å²) in [4.78, 5) is 11.6. The van der Waals surface area contributed by atoms with E-state index in [4.69, 9.17) is 9.47 Å². The maximum atomic E-state index is 11.6. The van der Waals surface area contributed by atoms with Crippen molar-refractivity contribution in [3.63, 3.8) is 0 Å². The molecule has 4 heteroatoms. The third kappa shape index (κ3) is 4.91. The average Bonchev–Trinajstić information content (AvgIpc) is 2.40. The van der Waals surface area contributed by atoms with Gasteiger partial charge in [-0.1, -0.05) is 25.1 Å². The van der Waals surface area contributed by atoms with E-state index in [-0.39, 0.29) is 5.76 Å². The second-order valence-electron chi connectivity index (χ2n) is 3.59. The van der Waals surface area contributed by atoms with Gasteiger partial charge in [-0.3, -0.25) is 0 Å². The Bertz CT molecular complexity index is 387. The zero-order valence-electron chi connectivity index (χ0n) is 10.8. The molecule has 0 spiro atoms. The van der Waals surface area contributed by atoms with Crippen molar-refractivity contribution in [2.24, 2.45) is 0 Å². The Morgan fingerprint density at radius 1 is 1.22 bits per heavy atom. The van der Waals surface area contributed by atoms with Crippen LogP contribution in [0, 0.1) is 0 Å². The first-order chi connectivity index (χ1) is 8.77. The summed E-state index contributed by atoms with van der Waals surface area (Å²) in [5.74, 6) is -0.253. The summed E-state index contributed by atoms with van der Waals surface area (Å²) in [7, 11) is 0. The molecule has 0 atom stereocenters. The highest BCUT2D eigenvalue weighted by atomic mass is 16.6. The molecule has 0 heterocycles. The fraction of sp³-hybridized carbons (Fsp3) is 0.357. The number of nitrogens with one attached hydrogen (secondary N) is 1. The largest absolute Gasteiger partial charge is 0.486 e. The van der Waals surface area contributed by atoms with Gasteiger partial charge in [0, 0.05) is 5.69 Å². The normalized spacial score (nSPS) is 10.9. The molecule has 0 saturated carbocycles. The number of esters is 1. The monoisotopic (exact) mass is 249 g/mol. The molecule has 98 valence electrons. The molecular weight excluding hydrogens is 230 g/mol. The van der Waals surface area contributed by atoms with E-state index < -0.39 is 5.97 Å². The van der Waals surface area contributed by atoms with Crippen LogP contribution in [0.3, 0.4) is 0 Å². The number of carbonyl (C=O) groups is 1. The Kier molecular flexibility index (Phi) is 6.40. The average molecular weight is 249 g/mol. The van der Waals surface area contributed by atoms with Gasteiger partial charge in [-0.15, -0.1) is 0 Å². The van der Waals surface area contributed by atoms with Gasteiger partial charge in [0.25, 0.3) is 0 Å². The molecular formula is C14H19NO3. The highest BCUT2D eigenvalue weighted by Crippen LogP contribution is 2.08. The molecule has 0 aliphatic heterocycles. The maximum Gasteiger partial charge on any atom is 0.375 e. The smallest absolute Gasteiger partial charge is 0.375 e. The lowest BCUT2D eigenvalue weighted by Gasteiger charge is -2.09. The van der Waals surface area contributed by atoms with Crippen molar-refractivity contribution in [3.8, 4) is 0 Å². The van der Waals surface area contributed by atoms with Crippen molar-refractivity contribution in [1.29, 1.82) is 0 Å². The topological polar surface area (TPSA) is 47.6 Å². The lowest BCUT2D eigenvalue weighted by Crippen LogP contribution is -2.12. The molecule has 0 unspecified atom stereocenters. The predicted molar refractivity (Wildman–Crippen MR) is 71.0 cm³/mol. The minimum Gasteiger partial charge on any atom is -0.486 e. The first-order valence-electron chi connectivity index (χ1n) is 6.09. The zero-order chi connectivity index (χ0) is 13.2. The van der Waals surface area contributed by atoms with Crippen molar-refractivity contribution in [1.82, 2.24) is 0 Å². The van der Waals surface area contributed by atoms with E-state index in [1.807, 2.05) is 37.3 Å². The van der Waals surface area contributed by atoms with Gasteiger partial charge in [-0.2, -0.15) is 0 Å². The summed E-state index contributed by atoms with van der Waals surface area (Å²) in [6, 6.07) is 9.55. The van der Waals surface area contributed by atoms with Crippen LogP contribution in [0.5, 0.6) is 0 Å². The van der Waals surface area contributed by atoms with Crippen LogP contribution < -0.4 is 5.32 Å². The standard InChI is InChI=1S/C14H19NO3/c1-3-10-18-13(14(16)17-4-2)11-15-12-8-6-5-7-9-12/h5-9,11,15H,3-4,10H2,1-2H3/b13-11+. The maximum absolute atomic E-state index is 11.6. The molecule has 18 heavy (non-hydrogen) atoms. The van der Waals surface area contributed by atoms with Gasteiger partial charge in [0.1, 0.15) is 0 Å². The van der Waals surface area contributed by atoms with Gasteiger partial charge >= 0.3 is 5.97 Å². The Morgan fingerprint density at radius 2 is 1.94 bits per heavy atom. The predicted octanol–water partition coefficient (Wildman–Crippen LogP) is 2.93. The first-order valence-corrected chi connectivity index (χ1v) is 6.09. The Hall–Kier alpha value is -1.97. The van der Waals surface area contributed by atoms with E-state index in [1.54, 1.807) is 6.92 Å². The number of para-hydroxylation sites is 1. The van der Waals surface area contributed by atoms with Crippen LogP contribution in [-0.2, 0) is 14.3 Å². The molecule has 1 N–H and O–H groups in total. The molecule has 1 rings (SSSR count). The Morgan fingerprint density at radius 3 is 2.56 bits per heavy atom. The van der Waals surface area contributed by atoms with E-state index in [1.165, 1.54) is 6.20 Å². The molecule has 0 saturated heterocycles. The number of hydrogen-bond acceptors (Lipinski definition) is 4.